The van der Waals surface area contributed by atoms with Crippen LogP contribution in [-0.4, -0.2) is 26.3 Å². The highest BCUT2D eigenvalue weighted by atomic mass is 32.2. The lowest BCUT2D eigenvalue weighted by molar-refractivity contribution is -0.150. The predicted molar refractivity (Wildman–Crippen MR) is 73.8 cm³/mol. The maximum Gasteiger partial charge on any atom is 0.333 e. The molecule has 2 unspecified atom stereocenters. The summed E-state index contributed by atoms with van der Waals surface area (Å²) in [5.41, 5.74) is 0.624. The van der Waals surface area contributed by atoms with Crippen molar-refractivity contribution >= 4 is 21.9 Å². The predicted octanol–water partition coefficient (Wildman–Crippen LogP) is 1.22. The first-order valence-corrected chi connectivity index (χ1v) is 8.14. The molecule has 0 amide bonds. The summed E-state index contributed by atoms with van der Waals surface area (Å²) < 4.78 is 38.7. The molecule has 2 bridgehead atoms. The number of esters is 1. The Balaban J connectivity index is 1.76. The number of furan rings is 1. The highest BCUT2D eigenvalue weighted by Crippen LogP contribution is 2.52. The van der Waals surface area contributed by atoms with Crippen molar-refractivity contribution < 1.29 is 31.3 Å². The van der Waals surface area contributed by atoms with Gasteiger partial charge >= 0.3 is 16.1 Å². The normalized spacial score (nSPS) is 21.3. The maximum absolute atomic E-state index is 12.1. The molecule has 1 aromatic rings. The highest BCUT2D eigenvalue weighted by Gasteiger charge is 2.51. The molecule has 0 saturated heterocycles. The fourth-order valence-electron chi connectivity index (χ4n) is 2.48. The molecule has 1 aromatic heterocycles. The molecule has 0 radical (unpaired) electrons. The van der Waals surface area contributed by atoms with Crippen LogP contribution in [0.15, 0.2) is 16.6 Å². The molecular formula is C14H14O7S. The van der Waals surface area contributed by atoms with Gasteiger partial charge in [0.15, 0.2) is 28.6 Å². The smallest absolute Gasteiger partial charge is 0.333 e. The summed E-state index contributed by atoms with van der Waals surface area (Å²) in [7, 11) is -3.70. The molecule has 0 aromatic carbocycles. The minimum atomic E-state index is -3.70. The summed E-state index contributed by atoms with van der Waals surface area (Å²) >= 11 is 0. The minimum Gasteiger partial charge on any atom is -0.460 e. The molecule has 2 atom stereocenters. The number of hydrogen-bond donors (Lipinski definition) is 0. The summed E-state index contributed by atoms with van der Waals surface area (Å²) in [5, 5.41) is -0.782. The van der Waals surface area contributed by atoms with Crippen LogP contribution in [0, 0.1) is 0 Å². The average Bonchev–Trinajstić information content (AvgIpc) is 3.02. The standard InChI is InChI=1S/C14H14O7S/c1-6(2)14(16)19-7(3)9(15)4-8-10-5-11-13(20-10)12(8)21-22(11,17)18/h7,11H,1,4-5H2,2-3H3. The lowest BCUT2D eigenvalue weighted by atomic mass is 9.99. The molecule has 2 aliphatic rings. The zero-order chi connectivity index (χ0) is 16.2. The third-order valence-corrected chi connectivity index (χ3v) is 5.19. The summed E-state index contributed by atoms with van der Waals surface area (Å²) in [6, 6.07) is 0. The Labute approximate surface area is 127 Å². The van der Waals surface area contributed by atoms with E-state index in [9.17, 15) is 18.0 Å². The van der Waals surface area contributed by atoms with Crippen LogP contribution in [0.2, 0.25) is 0 Å². The van der Waals surface area contributed by atoms with Crippen molar-refractivity contribution in [3.05, 3.63) is 29.2 Å². The van der Waals surface area contributed by atoms with Crippen molar-refractivity contribution in [2.75, 3.05) is 0 Å². The minimum absolute atomic E-state index is 0.110. The zero-order valence-corrected chi connectivity index (χ0v) is 12.9. The van der Waals surface area contributed by atoms with Crippen LogP contribution >= 0.6 is 0 Å². The van der Waals surface area contributed by atoms with E-state index in [4.69, 9.17) is 13.3 Å². The lowest BCUT2D eigenvalue weighted by Crippen LogP contribution is -2.26. The van der Waals surface area contributed by atoms with Gasteiger partial charge in [-0.3, -0.25) is 4.79 Å². The van der Waals surface area contributed by atoms with Crippen molar-refractivity contribution in [3.63, 3.8) is 0 Å². The molecule has 118 valence electrons. The first-order valence-electron chi connectivity index (χ1n) is 6.67. The van der Waals surface area contributed by atoms with Gasteiger partial charge in [0.05, 0.1) is 0 Å². The van der Waals surface area contributed by atoms with E-state index >= 15 is 0 Å². The molecule has 0 fully saturated rings. The average molecular weight is 326 g/mol. The van der Waals surface area contributed by atoms with E-state index in [1.807, 2.05) is 0 Å². The number of Topliss-reactive ketones (excluding diaryl/α,β-unsaturated/α-hetero) is 1. The Kier molecular flexibility index (Phi) is 3.17. The van der Waals surface area contributed by atoms with Gasteiger partial charge in [-0.25, -0.2) is 4.79 Å². The third-order valence-electron chi connectivity index (χ3n) is 3.72. The van der Waals surface area contributed by atoms with Crippen LogP contribution < -0.4 is 4.18 Å². The van der Waals surface area contributed by atoms with E-state index in [2.05, 4.69) is 6.58 Å². The molecule has 3 heterocycles. The number of carbonyl (C=O) groups excluding carboxylic acids is 2. The van der Waals surface area contributed by atoms with E-state index in [1.165, 1.54) is 13.8 Å². The number of ether oxygens (including phenoxy) is 1. The second-order valence-electron chi connectivity index (χ2n) is 5.44. The van der Waals surface area contributed by atoms with E-state index in [-0.39, 0.29) is 35.7 Å². The number of carbonyl (C=O) groups is 2. The SMILES string of the molecule is C=C(C)C(=O)OC(C)C(=O)Cc1c2oc3c1OS(=O)(=O)C3C2. The Morgan fingerprint density at radius 1 is 1.45 bits per heavy atom. The van der Waals surface area contributed by atoms with Crippen LogP contribution in [0.5, 0.6) is 5.75 Å². The second kappa shape index (κ2) is 4.70. The van der Waals surface area contributed by atoms with Crippen LogP contribution in [0.4, 0.5) is 0 Å². The van der Waals surface area contributed by atoms with Crippen LogP contribution in [0.1, 0.15) is 36.2 Å². The Bertz CT molecular complexity index is 799. The summed E-state index contributed by atoms with van der Waals surface area (Å²) in [6.07, 6.45) is -0.888. The van der Waals surface area contributed by atoms with Crippen LogP contribution in [0.3, 0.4) is 0 Å². The number of rotatable bonds is 5. The lowest BCUT2D eigenvalue weighted by Gasteiger charge is -2.12. The number of fused-ring (bicyclic) bond motifs is 1. The fourth-order valence-corrected chi connectivity index (χ4v) is 3.78. The zero-order valence-electron chi connectivity index (χ0n) is 12.0. The Morgan fingerprint density at radius 3 is 2.77 bits per heavy atom. The van der Waals surface area contributed by atoms with Crippen molar-refractivity contribution in [2.45, 2.75) is 38.0 Å². The molecule has 0 spiro atoms. The first-order chi connectivity index (χ1) is 10.2. The maximum atomic E-state index is 12.1. The molecule has 2 aliphatic heterocycles. The van der Waals surface area contributed by atoms with Gasteiger partial charge in [0.25, 0.3) is 0 Å². The highest BCUT2D eigenvalue weighted by molar-refractivity contribution is 7.87. The second-order valence-corrected chi connectivity index (χ2v) is 7.16. The first kappa shape index (κ1) is 14.8. The quantitative estimate of drug-likeness (QED) is 0.455. The van der Waals surface area contributed by atoms with E-state index < -0.39 is 27.4 Å². The monoisotopic (exact) mass is 326 g/mol. The Morgan fingerprint density at radius 2 is 2.14 bits per heavy atom. The van der Waals surface area contributed by atoms with Gasteiger partial charge in [-0.15, -0.1) is 0 Å². The molecule has 8 heteroatoms. The van der Waals surface area contributed by atoms with Gasteiger partial charge in [-0.1, -0.05) is 6.58 Å². The molecule has 3 rings (SSSR count). The summed E-state index contributed by atoms with van der Waals surface area (Å²) in [6.45, 7) is 6.38. The molecule has 0 aliphatic carbocycles. The largest absolute Gasteiger partial charge is 0.460 e. The summed E-state index contributed by atoms with van der Waals surface area (Å²) in [5.74, 6) is -0.180. The van der Waals surface area contributed by atoms with E-state index in [1.54, 1.807) is 0 Å². The van der Waals surface area contributed by atoms with Crippen molar-refractivity contribution in [1.82, 2.24) is 0 Å². The van der Waals surface area contributed by atoms with Crippen molar-refractivity contribution in [2.24, 2.45) is 0 Å². The van der Waals surface area contributed by atoms with Crippen LogP contribution in [-0.2, 0) is 37.3 Å². The molecule has 22 heavy (non-hydrogen) atoms. The third kappa shape index (κ3) is 2.14. The molecule has 7 nitrogen and oxygen atoms in total. The number of hydrogen-bond acceptors (Lipinski definition) is 7. The van der Waals surface area contributed by atoms with Crippen molar-refractivity contribution in [1.29, 1.82) is 0 Å². The Hall–Kier alpha value is -2.09. The number of ketones is 1. The van der Waals surface area contributed by atoms with Gasteiger partial charge in [0, 0.05) is 24.0 Å². The van der Waals surface area contributed by atoms with Crippen LogP contribution in [0.25, 0.3) is 0 Å². The topological polar surface area (TPSA) is 99.9 Å². The van der Waals surface area contributed by atoms with Crippen molar-refractivity contribution in [3.8, 4) is 5.75 Å². The van der Waals surface area contributed by atoms with E-state index in [0.29, 0.717) is 11.3 Å². The van der Waals surface area contributed by atoms with Gasteiger partial charge in [0.1, 0.15) is 5.76 Å². The van der Waals surface area contributed by atoms with E-state index in [0.717, 1.165) is 0 Å². The summed E-state index contributed by atoms with van der Waals surface area (Å²) in [4.78, 5) is 23.6. The van der Waals surface area contributed by atoms with Gasteiger partial charge in [-0.05, 0) is 13.8 Å². The molecular weight excluding hydrogens is 312 g/mol. The van der Waals surface area contributed by atoms with Gasteiger partial charge in [-0.2, -0.15) is 8.42 Å². The van der Waals surface area contributed by atoms with Gasteiger partial charge in [0.2, 0.25) is 0 Å². The van der Waals surface area contributed by atoms with Gasteiger partial charge < -0.3 is 13.3 Å². The fraction of sp³-hybridized carbons (Fsp3) is 0.429. The molecule has 0 N–H and O–H groups in total. The molecule has 0 saturated carbocycles.